The molecule has 6 heteroatoms. The monoisotopic (exact) mass is 355 g/mol. The van der Waals surface area contributed by atoms with Crippen LogP contribution in [0.3, 0.4) is 0 Å². The third-order valence-electron chi connectivity index (χ3n) is 5.06. The predicted molar refractivity (Wildman–Crippen MR) is 94.1 cm³/mol. The van der Waals surface area contributed by atoms with Crippen molar-refractivity contribution >= 4 is 11.8 Å². The van der Waals surface area contributed by atoms with Crippen LogP contribution in [0.5, 0.6) is 0 Å². The van der Waals surface area contributed by atoms with Crippen LogP contribution in [0, 0.1) is 5.41 Å². The van der Waals surface area contributed by atoms with Gasteiger partial charge < -0.3 is 19.5 Å². The summed E-state index contributed by atoms with van der Waals surface area (Å²) in [4.78, 5) is 22.7. The van der Waals surface area contributed by atoms with Gasteiger partial charge in [-0.2, -0.15) is 0 Å². The van der Waals surface area contributed by atoms with Crippen molar-refractivity contribution in [3.8, 4) is 0 Å². The highest BCUT2D eigenvalue weighted by Gasteiger charge is 2.53. The Morgan fingerprint density at radius 3 is 2.00 bits per heavy atom. The Morgan fingerprint density at radius 2 is 1.56 bits per heavy atom. The number of Topliss-reactive ketones (excluding diaryl/α,β-unsaturated/α-hetero) is 1. The van der Waals surface area contributed by atoms with Crippen molar-refractivity contribution in [3.05, 3.63) is 0 Å². The predicted octanol–water partition coefficient (Wildman–Crippen LogP) is 2.59. The standard InChI is InChI=1S/C19H33NO5/c1-7-18(11-23-15(22)8-14(2)21)12-24-19(25-13-18)9-16(3,4)20-17(5,6)10-19/h20H,7-13H2,1-6H3. The van der Waals surface area contributed by atoms with Gasteiger partial charge in [0.05, 0.1) is 18.6 Å². The van der Waals surface area contributed by atoms with Crippen molar-refractivity contribution < 1.29 is 23.8 Å². The molecule has 0 aliphatic carbocycles. The van der Waals surface area contributed by atoms with Gasteiger partial charge in [0.1, 0.15) is 18.8 Å². The van der Waals surface area contributed by atoms with Crippen LogP contribution >= 0.6 is 0 Å². The first kappa shape index (κ1) is 20.3. The van der Waals surface area contributed by atoms with Crippen LogP contribution in [-0.2, 0) is 23.8 Å². The lowest BCUT2D eigenvalue weighted by molar-refractivity contribution is -0.332. The van der Waals surface area contributed by atoms with E-state index < -0.39 is 11.8 Å². The summed E-state index contributed by atoms with van der Waals surface area (Å²) in [6.07, 6.45) is 2.14. The topological polar surface area (TPSA) is 73.9 Å². The van der Waals surface area contributed by atoms with E-state index in [2.05, 4.69) is 33.0 Å². The van der Waals surface area contributed by atoms with E-state index in [9.17, 15) is 9.59 Å². The molecule has 0 amide bonds. The highest BCUT2D eigenvalue weighted by Crippen LogP contribution is 2.44. The molecule has 0 bridgehead atoms. The van der Waals surface area contributed by atoms with Gasteiger partial charge in [-0.15, -0.1) is 0 Å². The van der Waals surface area contributed by atoms with Gasteiger partial charge >= 0.3 is 5.97 Å². The number of nitrogens with one attached hydrogen (secondary N) is 1. The zero-order valence-corrected chi connectivity index (χ0v) is 16.5. The van der Waals surface area contributed by atoms with Crippen molar-refractivity contribution in [2.45, 2.75) is 84.1 Å². The Bertz CT molecular complexity index is 500. The molecule has 6 nitrogen and oxygen atoms in total. The molecule has 2 heterocycles. The molecule has 2 rings (SSSR count). The summed E-state index contributed by atoms with van der Waals surface area (Å²) in [5.41, 5.74) is -0.513. The summed E-state index contributed by atoms with van der Waals surface area (Å²) < 4.78 is 17.9. The fraction of sp³-hybridized carbons (Fsp3) is 0.895. The van der Waals surface area contributed by atoms with Crippen molar-refractivity contribution in [3.63, 3.8) is 0 Å². The highest BCUT2D eigenvalue weighted by molar-refractivity contribution is 5.94. The summed E-state index contributed by atoms with van der Waals surface area (Å²) in [5.74, 6) is -1.27. The van der Waals surface area contributed by atoms with Gasteiger partial charge in [0.15, 0.2) is 5.79 Å². The maximum atomic E-state index is 11.7. The maximum absolute atomic E-state index is 11.7. The van der Waals surface area contributed by atoms with Crippen molar-refractivity contribution in [2.75, 3.05) is 19.8 Å². The van der Waals surface area contributed by atoms with Gasteiger partial charge in [0.25, 0.3) is 0 Å². The fourth-order valence-corrected chi connectivity index (χ4v) is 4.15. The Labute approximate surface area is 151 Å². The van der Waals surface area contributed by atoms with Gasteiger partial charge in [0.2, 0.25) is 0 Å². The lowest BCUT2D eigenvalue weighted by Gasteiger charge is -2.55. The molecule has 0 aromatic carbocycles. The molecule has 2 aliphatic rings. The SMILES string of the molecule is CCC1(COC(=O)CC(C)=O)COC2(CC(C)(C)NC(C)(C)C2)OC1. The smallest absolute Gasteiger partial charge is 0.313 e. The first-order valence-electron chi connectivity index (χ1n) is 9.13. The number of hydrogen-bond donors (Lipinski definition) is 1. The summed E-state index contributed by atoms with van der Waals surface area (Å²) in [6, 6.07) is 0. The molecule has 0 saturated carbocycles. The number of piperidine rings is 1. The normalized spacial score (nSPS) is 26.2. The molecule has 2 fully saturated rings. The molecule has 144 valence electrons. The molecule has 2 aliphatic heterocycles. The van der Waals surface area contributed by atoms with Gasteiger partial charge in [-0.1, -0.05) is 6.92 Å². The first-order chi connectivity index (χ1) is 11.4. The molecule has 0 atom stereocenters. The molecule has 0 aromatic rings. The Hall–Kier alpha value is -0.980. The Morgan fingerprint density at radius 1 is 1.04 bits per heavy atom. The second kappa shape index (κ2) is 6.97. The van der Waals surface area contributed by atoms with Crippen LogP contribution < -0.4 is 5.32 Å². The maximum Gasteiger partial charge on any atom is 0.313 e. The van der Waals surface area contributed by atoms with Gasteiger partial charge in [-0.05, 0) is 41.0 Å². The van der Waals surface area contributed by atoms with E-state index >= 15 is 0 Å². The van der Waals surface area contributed by atoms with E-state index in [1.54, 1.807) is 0 Å². The molecule has 25 heavy (non-hydrogen) atoms. The molecular formula is C19H33NO5. The summed E-state index contributed by atoms with van der Waals surface area (Å²) in [7, 11) is 0. The van der Waals surface area contributed by atoms with E-state index in [-0.39, 0.29) is 35.3 Å². The number of esters is 1. The minimum absolute atomic E-state index is 0.0814. The first-order valence-corrected chi connectivity index (χ1v) is 9.13. The zero-order valence-electron chi connectivity index (χ0n) is 16.5. The second-order valence-electron chi connectivity index (χ2n) is 9.13. The quantitative estimate of drug-likeness (QED) is 0.604. The largest absolute Gasteiger partial charge is 0.465 e. The highest BCUT2D eigenvalue weighted by atomic mass is 16.7. The van der Waals surface area contributed by atoms with Gasteiger partial charge in [-0.3, -0.25) is 9.59 Å². The number of ketones is 1. The molecule has 1 N–H and O–H groups in total. The van der Waals surface area contributed by atoms with E-state index in [0.717, 1.165) is 19.3 Å². The molecule has 2 saturated heterocycles. The average molecular weight is 355 g/mol. The molecular weight excluding hydrogens is 322 g/mol. The second-order valence-corrected chi connectivity index (χ2v) is 9.13. The number of hydrogen-bond acceptors (Lipinski definition) is 6. The lowest BCUT2D eigenvalue weighted by atomic mass is 9.77. The molecule has 0 unspecified atom stereocenters. The van der Waals surface area contributed by atoms with Crippen LogP contribution in [0.2, 0.25) is 0 Å². The zero-order chi connectivity index (χ0) is 18.9. The summed E-state index contributed by atoms with van der Waals surface area (Å²) in [6.45, 7) is 13.3. The van der Waals surface area contributed by atoms with Crippen LogP contribution in [0.15, 0.2) is 0 Å². The molecule has 0 aromatic heterocycles. The lowest BCUT2D eigenvalue weighted by Crippen LogP contribution is -2.67. The van der Waals surface area contributed by atoms with E-state index in [1.807, 2.05) is 6.92 Å². The molecule has 1 spiro atoms. The van der Waals surface area contributed by atoms with Crippen LogP contribution in [0.1, 0.15) is 67.2 Å². The van der Waals surface area contributed by atoms with E-state index in [0.29, 0.717) is 13.2 Å². The van der Waals surface area contributed by atoms with Crippen molar-refractivity contribution in [2.24, 2.45) is 5.41 Å². The minimum Gasteiger partial charge on any atom is -0.465 e. The third kappa shape index (κ3) is 5.25. The van der Waals surface area contributed by atoms with Crippen LogP contribution in [0.4, 0.5) is 0 Å². The third-order valence-corrected chi connectivity index (χ3v) is 5.06. The average Bonchev–Trinajstić information content (AvgIpc) is 2.43. The van der Waals surface area contributed by atoms with Crippen molar-refractivity contribution in [1.82, 2.24) is 5.32 Å². The van der Waals surface area contributed by atoms with Crippen molar-refractivity contribution in [1.29, 1.82) is 0 Å². The van der Waals surface area contributed by atoms with Crippen LogP contribution in [0.25, 0.3) is 0 Å². The van der Waals surface area contributed by atoms with Gasteiger partial charge in [-0.25, -0.2) is 0 Å². The van der Waals surface area contributed by atoms with Crippen LogP contribution in [-0.4, -0.2) is 48.4 Å². The summed E-state index contributed by atoms with van der Waals surface area (Å²) >= 11 is 0. The fourth-order valence-electron chi connectivity index (χ4n) is 4.15. The van der Waals surface area contributed by atoms with E-state index in [1.165, 1.54) is 6.92 Å². The Balaban J connectivity index is 2.00. The number of carbonyl (C=O) groups is 2. The minimum atomic E-state index is -0.597. The van der Waals surface area contributed by atoms with E-state index in [4.69, 9.17) is 14.2 Å². The number of rotatable bonds is 5. The molecule has 0 radical (unpaired) electrons. The number of ether oxygens (including phenoxy) is 3. The Kier molecular flexibility index (Phi) is 5.67. The summed E-state index contributed by atoms with van der Waals surface area (Å²) in [5, 5.41) is 3.64. The van der Waals surface area contributed by atoms with Gasteiger partial charge in [0, 0.05) is 23.9 Å². The number of carbonyl (C=O) groups excluding carboxylic acids is 2.